The Kier molecular flexibility index (Phi) is 15.3. The quantitative estimate of drug-likeness (QED) is 0.0374. The average Bonchev–Trinajstić information content (AvgIpc) is 3.72. The van der Waals surface area contributed by atoms with Gasteiger partial charge in [-0.1, -0.05) is 106 Å². The number of rotatable bonds is 13. The third kappa shape index (κ3) is 12.8. The van der Waals surface area contributed by atoms with Gasteiger partial charge in [-0.2, -0.15) is 0 Å². The Morgan fingerprint density at radius 2 is 1.34 bits per heavy atom. The van der Waals surface area contributed by atoms with Crippen molar-refractivity contribution in [2.75, 3.05) is 10.6 Å². The molecule has 6 N–H and O–H groups in total. The van der Waals surface area contributed by atoms with Gasteiger partial charge >= 0.3 is 0 Å². The molecule has 11 nitrogen and oxygen atoms in total. The lowest BCUT2D eigenvalue weighted by Crippen LogP contribution is -2.56. The molecule has 4 heterocycles. The molecule has 0 spiro atoms. The number of hydrogen-bond acceptors (Lipinski definition) is 8. The summed E-state index contributed by atoms with van der Waals surface area (Å²) in [6, 6.07) is 24.4. The first-order valence-corrected chi connectivity index (χ1v) is 21.7. The van der Waals surface area contributed by atoms with Gasteiger partial charge in [0.2, 0.25) is 19.4 Å². The zero-order chi connectivity index (χ0) is 42.2. The van der Waals surface area contributed by atoms with E-state index >= 15 is 0 Å². The minimum Gasteiger partial charge on any atom is -0.339 e. The molecule has 6 aromatic rings. The summed E-state index contributed by atoms with van der Waals surface area (Å²) in [4.78, 5) is 40.4. The summed E-state index contributed by atoms with van der Waals surface area (Å²) in [7, 11) is 0. The van der Waals surface area contributed by atoms with Gasteiger partial charge in [0.15, 0.2) is 10.2 Å². The van der Waals surface area contributed by atoms with Crippen LogP contribution in [0.4, 0.5) is 11.4 Å². The highest BCUT2D eigenvalue weighted by Gasteiger charge is 2.36. The van der Waals surface area contributed by atoms with Crippen molar-refractivity contribution in [3.8, 4) is 11.3 Å². The summed E-state index contributed by atoms with van der Waals surface area (Å²) in [5, 5.41) is 21.3. The van der Waals surface area contributed by atoms with Gasteiger partial charge in [0.25, 0.3) is 0 Å². The standard InChI is InChI=1S/C39H33Cl6N9O2S3/c40-38(41,42)34(51-30(55)14-10-22-5-2-16-46-21-22)54-37(58)50-29-20-25(19-24-7-3-17-47-32(24)29)27-13-11-23-6-1-9-28(33(23)48-27)49-36(57)53-35(39(43,44)45)52-31(56)15-12-26-8-4-18-59-26/h1-9,11,13,16-21,34-35H,10,12,14-15H2,(H,51,55)(H,52,56)(H2,49,53,57)(H2,50,54,58). The molecule has 0 radical (unpaired) electrons. The van der Waals surface area contributed by atoms with Gasteiger partial charge in [-0.25, -0.2) is 4.98 Å². The van der Waals surface area contributed by atoms with Crippen LogP contribution >= 0.6 is 105 Å². The van der Waals surface area contributed by atoms with Crippen molar-refractivity contribution in [1.82, 2.24) is 36.2 Å². The van der Waals surface area contributed by atoms with Crippen molar-refractivity contribution in [3.63, 3.8) is 0 Å². The molecule has 0 aliphatic carbocycles. The molecule has 0 fully saturated rings. The average molecular weight is 969 g/mol. The summed E-state index contributed by atoms with van der Waals surface area (Å²) >= 11 is 50.4. The topological polar surface area (TPSA) is 145 Å². The number of pyridine rings is 3. The number of benzene rings is 2. The van der Waals surface area contributed by atoms with Crippen molar-refractivity contribution in [1.29, 1.82) is 0 Å². The predicted octanol–water partition coefficient (Wildman–Crippen LogP) is 9.37. The number of halogens is 6. The fourth-order valence-electron chi connectivity index (χ4n) is 5.78. The van der Waals surface area contributed by atoms with Crippen LogP contribution in [0, 0.1) is 0 Å². The molecule has 0 aliphatic heterocycles. The summed E-state index contributed by atoms with van der Waals surface area (Å²) in [5.74, 6) is -0.679. The second-order valence-electron chi connectivity index (χ2n) is 12.9. The molecule has 4 aromatic heterocycles. The number of alkyl halides is 6. The van der Waals surface area contributed by atoms with E-state index in [1.807, 2.05) is 72.1 Å². The number of nitrogens with one attached hydrogen (secondary N) is 6. The van der Waals surface area contributed by atoms with Gasteiger partial charge in [0, 0.05) is 52.6 Å². The van der Waals surface area contributed by atoms with E-state index in [0.29, 0.717) is 40.9 Å². The van der Waals surface area contributed by atoms with Crippen molar-refractivity contribution in [2.24, 2.45) is 0 Å². The maximum atomic E-state index is 12.9. The Balaban J connectivity index is 1.18. The largest absolute Gasteiger partial charge is 0.339 e. The van der Waals surface area contributed by atoms with Crippen molar-refractivity contribution in [2.45, 2.75) is 45.6 Å². The number of aryl methyl sites for hydroxylation is 2. The minimum atomic E-state index is -1.96. The van der Waals surface area contributed by atoms with Crippen LogP contribution in [0.15, 0.2) is 103 Å². The number of thiophene rings is 1. The highest BCUT2D eigenvalue weighted by atomic mass is 35.6. The molecule has 0 saturated heterocycles. The summed E-state index contributed by atoms with van der Waals surface area (Å²) in [6.07, 6.45) is 3.99. The van der Waals surface area contributed by atoms with Crippen LogP contribution in [-0.4, -0.2) is 56.9 Å². The number of nitrogens with zero attached hydrogens (tertiary/aromatic N) is 3. The molecule has 0 saturated carbocycles. The Labute approximate surface area is 384 Å². The number of carbonyl (C=O) groups excluding carboxylic acids is 2. The van der Waals surface area contributed by atoms with Crippen LogP contribution in [0.3, 0.4) is 0 Å². The lowest BCUT2D eigenvalue weighted by Gasteiger charge is -2.28. The number of aromatic nitrogens is 3. The van der Waals surface area contributed by atoms with Crippen molar-refractivity contribution >= 4 is 161 Å². The second-order valence-corrected chi connectivity index (χ2v) is 19.5. The van der Waals surface area contributed by atoms with Gasteiger partial charge in [0.05, 0.1) is 28.1 Å². The molecule has 0 aliphatic rings. The molecule has 0 bridgehead atoms. The van der Waals surface area contributed by atoms with Gasteiger partial charge in [-0.05, 0) is 90.7 Å². The van der Waals surface area contributed by atoms with Crippen LogP contribution in [0.2, 0.25) is 0 Å². The molecule has 2 atom stereocenters. The van der Waals surface area contributed by atoms with Gasteiger partial charge in [0.1, 0.15) is 12.3 Å². The van der Waals surface area contributed by atoms with Gasteiger partial charge in [-0.3, -0.25) is 19.6 Å². The lowest BCUT2D eigenvalue weighted by atomic mass is 10.0. The number of thiocarbonyl (C=S) groups is 2. The van der Waals surface area contributed by atoms with E-state index in [-0.39, 0.29) is 34.9 Å². The Morgan fingerprint density at radius 3 is 1.98 bits per heavy atom. The molecule has 306 valence electrons. The highest BCUT2D eigenvalue weighted by Crippen LogP contribution is 2.33. The zero-order valence-corrected chi connectivity index (χ0v) is 37.4. The molecule has 6 rings (SSSR count). The maximum Gasteiger partial charge on any atom is 0.228 e. The van der Waals surface area contributed by atoms with E-state index in [9.17, 15) is 9.59 Å². The van der Waals surface area contributed by atoms with E-state index in [1.54, 1.807) is 42.1 Å². The van der Waals surface area contributed by atoms with Crippen LogP contribution < -0.4 is 31.9 Å². The SMILES string of the molecule is O=C(CCc1cccnc1)NC(NC(=S)Nc1cc(-c2ccc3cccc(NC(=S)NC(NC(=O)CCc4cccs4)C(Cl)(Cl)Cl)c3n2)cc2cccnc12)C(Cl)(Cl)Cl. The predicted molar refractivity (Wildman–Crippen MR) is 251 cm³/mol. The van der Waals surface area contributed by atoms with Crippen molar-refractivity contribution < 1.29 is 9.59 Å². The zero-order valence-electron chi connectivity index (χ0n) is 30.4. The highest BCUT2D eigenvalue weighted by molar-refractivity contribution is 7.80. The number of amides is 2. The van der Waals surface area contributed by atoms with E-state index in [1.165, 1.54) is 0 Å². The van der Waals surface area contributed by atoms with Crippen LogP contribution in [0.5, 0.6) is 0 Å². The molecule has 2 unspecified atom stereocenters. The Hall–Kier alpha value is -3.83. The fourth-order valence-corrected chi connectivity index (χ4v) is 7.60. The third-order valence-corrected chi connectivity index (χ3v) is 11.3. The number of anilines is 2. The van der Waals surface area contributed by atoms with E-state index in [2.05, 4.69) is 41.9 Å². The first kappa shape index (κ1) is 44.7. The monoisotopic (exact) mass is 965 g/mol. The third-order valence-electron chi connectivity index (χ3n) is 8.58. The van der Waals surface area contributed by atoms with Gasteiger partial charge in [-0.15, -0.1) is 11.3 Å². The normalized spacial score (nSPS) is 12.6. The number of carbonyl (C=O) groups is 2. The van der Waals surface area contributed by atoms with E-state index in [0.717, 1.165) is 26.8 Å². The van der Waals surface area contributed by atoms with E-state index in [4.69, 9.17) is 99.0 Å². The van der Waals surface area contributed by atoms with Crippen molar-refractivity contribution in [3.05, 3.63) is 113 Å². The van der Waals surface area contributed by atoms with Crippen LogP contribution in [-0.2, 0) is 22.4 Å². The molecular weight excluding hydrogens is 935 g/mol. The summed E-state index contributed by atoms with van der Waals surface area (Å²) in [5.41, 5.74) is 4.48. The summed E-state index contributed by atoms with van der Waals surface area (Å²) < 4.78 is -3.89. The molecule has 2 aromatic carbocycles. The number of fused-ring (bicyclic) bond motifs is 2. The molecular formula is C39H33Cl6N9O2S3. The maximum absolute atomic E-state index is 12.9. The molecule has 20 heteroatoms. The fraction of sp³-hybridized carbons (Fsp3) is 0.205. The van der Waals surface area contributed by atoms with E-state index < -0.39 is 19.9 Å². The lowest BCUT2D eigenvalue weighted by molar-refractivity contribution is -0.122. The number of hydrogen-bond donors (Lipinski definition) is 6. The van der Waals surface area contributed by atoms with Gasteiger partial charge < -0.3 is 31.9 Å². The first-order chi connectivity index (χ1) is 28.1. The van der Waals surface area contributed by atoms with Crippen LogP contribution in [0.1, 0.15) is 23.3 Å². The summed E-state index contributed by atoms with van der Waals surface area (Å²) in [6.45, 7) is 0. The van der Waals surface area contributed by atoms with Crippen LogP contribution in [0.25, 0.3) is 33.1 Å². The second kappa shape index (κ2) is 20.2. The Morgan fingerprint density at radius 1 is 0.678 bits per heavy atom. The minimum absolute atomic E-state index is 0.0591. The molecule has 59 heavy (non-hydrogen) atoms. The Bertz CT molecular complexity index is 2450. The first-order valence-electron chi connectivity index (χ1n) is 17.7. The smallest absolute Gasteiger partial charge is 0.228 e. The molecule has 2 amide bonds. The number of para-hydroxylation sites is 1.